The van der Waals surface area contributed by atoms with Gasteiger partial charge in [0.05, 0.1) is 20.9 Å². The molecule has 4 aromatic heterocycles. The number of thiophene rings is 4. The smallest absolute Gasteiger partial charge is 0.209 e. The SMILES string of the molecule is O=C1/C(=c2/cc/c(=c3/cc/c(=C4/C(=O)c5ccsc5C4=O)s3)s2)C(=O)c2sccc21. The molecule has 0 amide bonds. The van der Waals surface area contributed by atoms with Crippen molar-refractivity contribution < 1.29 is 19.2 Å². The first-order chi connectivity index (χ1) is 14.5. The molecular formula is C22H8O4S4. The van der Waals surface area contributed by atoms with Gasteiger partial charge in [0, 0.05) is 29.3 Å². The fourth-order valence-corrected chi connectivity index (χ4v) is 7.54. The molecule has 8 heteroatoms. The summed E-state index contributed by atoms with van der Waals surface area (Å²) in [5, 5.41) is 3.51. The first kappa shape index (κ1) is 18.0. The van der Waals surface area contributed by atoms with E-state index in [0.717, 1.165) is 9.06 Å². The number of Topliss-reactive ketones (excluding diaryl/α,β-unsaturated/α-hetero) is 4. The highest BCUT2D eigenvalue weighted by Crippen LogP contribution is 2.32. The minimum absolute atomic E-state index is 0.214. The Hall–Kier alpha value is -2.78. The monoisotopic (exact) mass is 464 g/mol. The first-order valence-corrected chi connectivity index (χ1v) is 12.2. The lowest BCUT2D eigenvalue weighted by atomic mass is 10.1. The molecule has 4 heterocycles. The Balaban J connectivity index is 1.54. The van der Waals surface area contributed by atoms with Gasteiger partial charge in [0.2, 0.25) is 11.6 Å². The molecule has 2 aliphatic rings. The van der Waals surface area contributed by atoms with E-state index in [-0.39, 0.29) is 34.3 Å². The molecule has 0 aromatic carbocycles. The van der Waals surface area contributed by atoms with E-state index < -0.39 is 0 Å². The van der Waals surface area contributed by atoms with Gasteiger partial charge >= 0.3 is 0 Å². The van der Waals surface area contributed by atoms with Crippen molar-refractivity contribution in [3.8, 4) is 0 Å². The number of rotatable bonds is 0. The Bertz CT molecular complexity index is 1480. The third-order valence-electron chi connectivity index (χ3n) is 5.09. The zero-order valence-corrected chi connectivity index (χ0v) is 18.2. The van der Waals surface area contributed by atoms with Gasteiger partial charge in [-0.1, -0.05) is 0 Å². The van der Waals surface area contributed by atoms with Crippen LogP contribution >= 0.6 is 45.3 Å². The maximum absolute atomic E-state index is 12.6. The standard InChI is InChI=1S/C22H8O4S4/c23-17-9-5-7-27-21(9)19(25)15(17)13-3-1-11(29-13)12-2-4-14(30-12)16-18(24)10-6-8-28-22(10)20(16)26/h1-8H/b12-11+,15-13+,16-14+. The van der Waals surface area contributed by atoms with Gasteiger partial charge in [-0.2, -0.15) is 0 Å². The van der Waals surface area contributed by atoms with Crippen LogP contribution in [-0.2, 0) is 0 Å². The van der Waals surface area contributed by atoms with Crippen molar-refractivity contribution in [1.29, 1.82) is 0 Å². The average Bonchev–Trinajstić information content (AvgIpc) is 3.54. The van der Waals surface area contributed by atoms with Crippen LogP contribution in [0.25, 0.3) is 11.1 Å². The van der Waals surface area contributed by atoms with Crippen LogP contribution in [0.5, 0.6) is 0 Å². The Morgan fingerprint density at radius 1 is 0.467 bits per heavy atom. The van der Waals surface area contributed by atoms with Crippen LogP contribution in [0.15, 0.2) is 47.2 Å². The minimum Gasteiger partial charge on any atom is -0.288 e. The summed E-state index contributed by atoms with van der Waals surface area (Å²) in [5.74, 6) is -0.871. The molecule has 0 saturated carbocycles. The molecule has 0 fully saturated rings. The molecule has 0 unspecified atom stereocenters. The maximum atomic E-state index is 12.6. The van der Waals surface area contributed by atoms with E-state index >= 15 is 0 Å². The summed E-state index contributed by atoms with van der Waals surface area (Å²) < 4.78 is 3.05. The molecule has 144 valence electrons. The highest BCUT2D eigenvalue weighted by molar-refractivity contribution is 7.15. The summed E-state index contributed by atoms with van der Waals surface area (Å²) in [5.41, 5.74) is 1.42. The fourth-order valence-electron chi connectivity index (χ4n) is 3.69. The minimum atomic E-state index is -0.222. The molecule has 0 saturated heterocycles. The molecule has 0 bridgehead atoms. The lowest BCUT2D eigenvalue weighted by Crippen LogP contribution is -2.10. The zero-order chi connectivity index (χ0) is 20.6. The molecule has 4 aromatic rings. The van der Waals surface area contributed by atoms with Gasteiger partial charge in [-0.25, -0.2) is 0 Å². The Morgan fingerprint density at radius 3 is 1.27 bits per heavy atom. The molecule has 0 spiro atoms. The molecular weight excluding hydrogens is 457 g/mol. The van der Waals surface area contributed by atoms with Gasteiger partial charge < -0.3 is 0 Å². The number of hydrogen-bond donors (Lipinski definition) is 0. The lowest BCUT2D eigenvalue weighted by molar-refractivity contribution is 0.101. The first-order valence-electron chi connectivity index (χ1n) is 8.83. The van der Waals surface area contributed by atoms with Crippen LogP contribution in [0.1, 0.15) is 40.1 Å². The number of carbonyl (C=O) groups excluding carboxylic acids is 4. The van der Waals surface area contributed by atoms with Crippen LogP contribution in [-0.4, -0.2) is 23.1 Å². The van der Waals surface area contributed by atoms with Crippen molar-refractivity contribution in [3.05, 3.63) is 86.2 Å². The Kier molecular flexibility index (Phi) is 3.82. The molecule has 0 atom stereocenters. The number of hydrogen-bond acceptors (Lipinski definition) is 8. The van der Waals surface area contributed by atoms with Gasteiger partial charge in [-0.15, -0.1) is 45.3 Å². The maximum Gasteiger partial charge on any atom is 0.209 e. The van der Waals surface area contributed by atoms with Gasteiger partial charge in [-0.3, -0.25) is 19.2 Å². The van der Waals surface area contributed by atoms with Gasteiger partial charge in [0.1, 0.15) is 0 Å². The average molecular weight is 465 g/mol. The van der Waals surface area contributed by atoms with E-state index in [1.54, 1.807) is 35.0 Å². The van der Waals surface area contributed by atoms with E-state index in [1.807, 2.05) is 12.1 Å². The van der Waals surface area contributed by atoms with E-state index in [0.29, 0.717) is 29.9 Å². The number of ketones is 4. The second-order valence-electron chi connectivity index (χ2n) is 6.72. The van der Waals surface area contributed by atoms with E-state index in [4.69, 9.17) is 0 Å². The normalized spacial score (nSPS) is 20.3. The van der Waals surface area contributed by atoms with Crippen molar-refractivity contribution in [3.63, 3.8) is 0 Å². The Labute approximate surface area is 184 Å². The van der Waals surface area contributed by atoms with Crippen LogP contribution in [0, 0.1) is 9.06 Å². The van der Waals surface area contributed by atoms with Crippen LogP contribution in [0.3, 0.4) is 0 Å². The highest BCUT2D eigenvalue weighted by atomic mass is 32.1. The number of fused-ring (bicyclic) bond motifs is 2. The van der Waals surface area contributed by atoms with Gasteiger partial charge in [-0.05, 0) is 47.2 Å². The van der Waals surface area contributed by atoms with Crippen molar-refractivity contribution in [1.82, 2.24) is 0 Å². The van der Waals surface area contributed by atoms with E-state index in [2.05, 4.69) is 0 Å². The van der Waals surface area contributed by atoms with Crippen LogP contribution < -0.4 is 9.06 Å². The predicted octanol–water partition coefficient (Wildman–Crippen LogP) is 3.68. The summed E-state index contributed by atoms with van der Waals surface area (Å²) in [6.45, 7) is 0. The van der Waals surface area contributed by atoms with Crippen molar-refractivity contribution in [2.24, 2.45) is 0 Å². The molecule has 4 nitrogen and oxygen atoms in total. The third kappa shape index (κ3) is 2.36. The summed E-state index contributed by atoms with van der Waals surface area (Å²) in [6.07, 6.45) is 0. The molecule has 6 rings (SSSR count). The van der Waals surface area contributed by atoms with E-state index in [9.17, 15) is 19.2 Å². The lowest BCUT2D eigenvalue weighted by Gasteiger charge is -1.90. The quantitative estimate of drug-likeness (QED) is 0.398. The summed E-state index contributed by atoms with van der Waals surface area (Å²) in [4.78, 5) is 51.5. The number of carbonyl (C=O) groups is 4. The Morgan fingerprint density at radius 2 is 0.867 bits per heavy atom. The van der Waals surface area contributed by atoms with Crippen LogP contribution in [0.2, 0.25) is 0 Å². The highest BCUT2D eigenvalue weighted by Gasteiger charge is 2.36. The topological polar surface area (TPSA) is 68.3 Å². The largest absolute Gasteiger partial charge is 0.288 e. The van der Waals surface area contributed by atoms with Crippen molar-refractivity contribution >= 4 is 79.6 Å². The van der Waals surface area contributed by atoms with Gasteiger partial charge in [0.25, 0.3) is 0 Å². The summed E-state index contributed by atoms with van der Waals surface area (Å²) >= 11 is 5.32. The summed E-state index contributed by atoms with van der Waals surface area (Å²) in [6, 6.07) is 10.7. The second kappa shape index (κ2) is 6.36. The predicted molar refractivity (Wildman–Crippen MR) is 118 cm³/mol. The molecule has 30 heavy (non-hydrogen) atoms. The molecule has 0 N–H and O–H groups in total. The molecule has 2 aliphatic carbocycles. The van der Waals surface area contributed by atoms with Crippen LogP contribution in [0.4, 0.5) is 0 Å². The molecule has 0 radical (unpaired) electrons. The summed E-state index contributed by atoms with van der Waals surface area (Å²) in [7, 11) is 0. The van der Waals surface area contributed by atoms with Crippen molar-refractivity contribution in [2.45, 2.75) is 0 Å². The third-order valence-corrected chi connectivity index (χ3v) is 9.32. The van der Waals surface area contributed by atoms with Crippen molar-refractivity contribution in [2.75, 3.05) is 0 Å². The zero-order valence-electron chi connectivity index (χ0n) is 14.9. The molecule has 0 aliphatic heterocycles. The fraction of sp³-hybridized carbons (Fsp3) is 0. The van der Waals surface area contributed by atoms with E-state index in [1.165, 1.54) is 45.3 Å². The van der Waals surface area contributed by atoms with Gasteiger partial charge in [0.15, 0.2) is 11.6 Å². The second-order valence-corrected chi connectivity index (χ2v) is 10.7.